The van der Waals surface area contributed by atoms with Crippen molar-refractivity contribution in [2.24, 2.45) is 5.92 Å². The van der Waals surface area contributed by atoms with Gasteiger partial charge < -0.3 is 16.0 Å². The molecule has 1 aliphatic rings. The van der Waals surface area contributed by atoms with Gasteiger partial charge in [-0.3, -0.25) is 14.4 Å². The Morgan fingerprint density at radius 2 is 1.56 bits per heavy atom. The van der Waals surface area contributed by atoms with Crippen molar-refractivity contribution in [1.82, 2.24) is 10.6 Å². The summed E-state index contributed by atoms with van der Waals surface area (Å²) in [6, 6.07) is 14.0. The molecule has 0 unspecified atom stereocenters. The molecule has 0 spiro atoms. The van der Waals surface area contributed by atoms with Gasteiger partial charge in [0.1, 0.15) is 0 Å². The summed E-state index contributed by atoms with van der Waals surface area (Å²) in [6.07, 6.45) is 1.93. The van der Waals surface area contributed by atoms with Gasteiger partial charge in [0.15, 0.2) is 0 Å². The third-order valence-corrected chi connectivity index (χ3v) is 5.12. The highest BCUT2D eigenvalue weighted by Gasteiger charge is 2.28. The minimum atomic E-state index is -0.217. The van der Waals surface area contributed by atoms with E-state index in [9.17, 15) is 14.4 Å². The quantitative estimate of drug-likeness (QED) is 0.424. The van der Waals surface area contributed by atoms with E-state index in [0.717, 1.165) is 16.4 Å². The predicted octanol–water partition coefficient (Wildman–Crippen LogP) is 2.80. The summed E-state index contributed by atoms with van der Waals surface area (Å²) in [6.45, 7) is 0.799. The second kappa shape index (κ2) is 8.98. The van der Waals surface area contributed by atoms with Gasteiger partial charge in [-0.1, -0.05) is 12.1 Å². The van der Waals surface area contributed by atoms with Crippen molar-refractivity contribution in [3.8, 4) is 0 Å². The monoisotopic (exact) mass is 477 g/mol. The standard InChI is InChI=1S/C20H20IN3O3/c21-17-4-2-1-3-16(17)20(27)24-15-9-7-14(8-10-15)19(26)23-12-11-22-18(25)13-5-6-13/h1-4,7-10,13H,5-6,11-12H2,(H,22,25)(H,23,26)(H,24,27). The van der Waals surface area contributed by atoms with Crippen LogP contribution in [0.3, 0.4) is 0 Å². The van der Waals surface area contributed by atoms with Crippen molar-refractivity contribution in [3.63, 3.8) is 0 Å². The summed E-state index contributed by atoms with van der Waals surface area (Å²) in [5.74, 6) is -0.171. The molecule has 3 amide bonds. The molecule has 140 valence electrons. The molecule has 27 heavy (non-hydrogen) atoms. The third kappa shape index (κ3) is 5.53. The molecule has 2 aromatic rings. The number of halogens is 1. The Bertz CT molecular complexity index is 848. The molecule has 0 heterocycles. The Balaban J connectivity index is 1.47. The highest BCUT2D eigenvalue weighted by molar-refractivity contribution is 14.1. The lowest BCUT2D eigenvalue weighted by atomic mass is 10.1. The average Bonchev–Trinajstić information content (AvgIpc) is 3.51. The van der Waals surface area contributed by atoms with E-state index in [2.05, 4.69) is 38.5 Å². The minimum absolute atomic E-state index is 0.0671. The maximum Gasteiger partial charge on any atom is 0.256 e. The second-order valence-electron chi connectivity index (χ2n) is 6.33. The minimum Gasteiger partial charge on any atom is -0.354 e. The van der Waals surface area contributed by atoms with Crippen LogP contribution < -0.4 is 16.0 Å². The van der Waals surface area contributed by atoms with E-state index < -0.39 is 0 Å². The van der Waals surface area contributed by atoms with Crippen LogP contribution in [0.2, 0.25) is 0 Å². The van der Waals surface area contributed by atoms with Crippen LogP contribution in [0.1, 0.15) is 33.6 Å². The van der Waals surface area contributed by atoms with Crippen LogP contribution >= 0.6 is 22.6 Å². The predicted molar refractivity (Wildman–Crippen MR) is 112 cm³/mol. The topological polar surface area (TPSA) is 87.3 Å². The van der Waals surface area contributed by atoms with Gasteiger partial charge >= 0.3 is 0 Å². The van der Waals surface area contributed by atoms with Crippen LogP contribution in [0.15, 0.2) is 48.5 Å². The van der Waals surface area contributed by atoms with Crippen molar-refractivity contribution in [2.45, 2.75) is 12.8 Å². The van der Waals surface area contributed by atoms with Crippen molar-refractivity contribution in [3.05, 3.63) is 63.2 Å². The van der Waals surface area contributed by atoms with Crippen LogP contribution in [0.4, 0.5) is 5.69 Å². The van der Waals surface area contributed by atoms with Gasteiger partial charge in [0.05, 0.1) is 5.56 Å². The Labute approximate surface area is 171 Å². The first-order chi connectivity index (χ1) is 13.0. The lowest BCUT2D eigenvalue weighted by molar-refractivity contribution is -0.122. The molecule has 0 radical (unpaired) electrons. The molecular weight excluding hydrogens is 457 g/mol. The van der Waals surface area contributed by atoms with Crippen LogP contribution in [0.5, 0.6) is 0 Å². The first-order valence-corrected chi connectivity index (χ1v) is 9.84. The SMILES string of the molecule is O=C(NCCNC(=O)C1CC1)c1ccc(NC(=O)c2ccccc2I)cc1. The van der Waals surface area contributed by atoms with Crippen LogP contribution in [-0.2, 0) is 4.79 Å². The lowest BCUT2D eigenvalue weighted by Crippen LogP contribution is -2.35. The normalized spacial score (nSPS) is 12.9. The number of hydrogen-bond acceptors (Lipinski definition) is 3. The van der Waals surface area contributed by atoms with E-state index in [1.165, 1.54) is 0 Å². The second-order valence-corrected chi connectivity index (χ2v) is 7.49. The van der Waals surface area contributed by atoms with E-state index >= 15 is 0 Å². The molecule has 1 fully saturated rings. The van der Waals surface area contributed by atoms with Gasteiger partial charge in [0.25, 0.3) is 11.8 Å². The van der Waals surface area contributed by atoms with E-state index in [0.29, 0.717) is 29.9 Å². The smallest absolute Gasteiger partial charge is 0.256 e. The summed E-state index contributed by atoms with van der Waals surface area (Å²) >= 11 is 2.12. The molecule has 1 aliphatic carbocycles. The summed E-state index contributed by atoms with van der Waals surface area (Å²) in [4.78, 5) is 35.9. The van der Waals surface area contributed by atoms with E-state index in [1.807, 2.05) is 18.2 Å². The average molecular weight is 477 g/mol. The zero-order chi connectivity index (χ0) is 19.2. The molecule has 0 aromatic heterocycles. The van der Waals surface area contributed by atoms with E-state index in [-0.39, 0.29) is 23.6 Å². The van der Waals surface area contributed by atoms with Crippen molar-refractivity contribution < 1.29 is 14.4 Å². The maximum absolute atomic E-state index is 12.3. The van der Waals surface area contributed by atoms with Crippen LogP contribution in [0, 0.1) is 9.49 Å². The summed E-state index contributed by atoms with van der Waals surface area (Å²) in [5.41, 5.74) is 1.72. The van der Waals surface area contributed by atoms with Crippen molar-refractivity contribution in [1.29, 1.82) is 0 Å². The van der Waals surface area contributed by atoms with Crippen molar-refractivity contribution in [2.75, 3.05) is 18.4 Å². The lowest BCUT2D eigenvalue weighted by Gasteiger charge is -2.09. The van der Waals surface area contributed by atoms with Crippen molar-refractivity contribution >= 4 is 46.0 Å². The Morgan fingerprint density at radius 1 is 0.889 bits per heavy atom. The fourth-order valence-electron chi connectivity index (χ4n) is 2.50. The molecular formula is C20H20IN3O3. The molecule has 3 rings (SSSR count). The molecule has 0 aliphatic heterocycles. The molecule has 7 heteroatoms. The molecule has 0 atom stereocenters. The third-order valence-electron chi connectivity index (χ3n) is 4.18. The van der Waals surface area contributed by atoms with Crippen LogP contribution in [-0.4, -0.2) is 30.8 Å². The maximum atomic E-state index is 12.3. The van der Waals surface area contributed by atoms with Crippen LogP contribution in [0.25, 0.3) is 0 Å². The number of carbonyl (C=O) groups excluding carboxylic acids is 3. The van der Waals surface area contributed by atoms with Gasteiger partial charge in [-0.25, -0.2) is 0 Å². The number of hydrogen-bond donors (Lipinski definition) is 3. The van der Waals surface area contributed by atoms with Gasteiger partial charge in [-0.2, -0.15) is 0 Å². The highest BCUT2D eigenvalue weighted by atomic mass is 127. The van der Waals surface area contributed by atoms with Gasteiger partial charge in [0, 0.05) is 33.8 Å². The fraction of sp³-hybridized carbons (Fsp3) is 0.250. The molecule has 3 N–H and O–H groups in total. The zero-order valence-electron chi connectivity index (χ0n) is 14.6. The van der Waals surface area contributed by atoms with Gasteiger partial charge in [-0.05, 0) is 71.8 Å². The Kier molecular flexibility index (Phi) is 6.44. The van der Waals surface area contributed by atoms with E-state index in [1.54, 1.807) is 30.3 Å². The molecule has 0 bridgehead atoms. The molecule has 2 aromatic carbocycles. The summed E-state index contributed by atoms with van der Waals surface area (Å²) in [7, 11) is 0. The first kappa shape index (κ1) is 19.3. The number of carbonyl (C=O) groups is 3. The molecule has 0 saturated heterocycles. The van der Waals surface area contributed by atoms with Gasteiger partial charge in [0.2, 0.25) is 5.91 Å². The number of rotatable bonds is 7. The van der Waals surface area contributed by atoms with E-state index in [4.69, 9.17) is 0 Å². The number of nitrogens with one attached hydrogen (secondary N) is 3. The molecule has 6 nitrogen and oxygen atoms in total. The number of benzene rings is 2. The number of anilines is 1. The summed E-state index contributed by atoms with van der Waals surface area (Å²) in [5, 5.41) is 8.39. The molecule has 1 saturated carbocycles. The fourth-order valence-corrected chi connectivity index (χ4v) is 3.13. The Hall–Kier alpha value is -2.42. The number of amides is 3. The summed E-state index contributed by atoms with van der Waals surface area (Å²) < 4.78 is 0.873. The largest absolute Gasteiger partial charge is 0.354 e. The Morgan fingerprint density at radius 3 is 2.22 bits per heavy atom. The highest BCUT2D eigenvalue weighted by Crippen LogP contribution is 2.28. The zero-order valence-corrected chi connectivity index (χ0v) is 16.8. The van der Waals surface area contributed by atoms with Gasteiger partial charge in [-0.15, -0.1) is 0 Å². The first-order valence-electron chi connectivity index (χ1n) is 8.76.